The molecule has 2 atom stereocenters. The number of aromatic amines is 1. The Hall–Kier alpha value is -1.42. The highest BCUT2D eigenvalue weighted by Gasteiger charge is 2.42. The average molecular weight is 259 g/mol. The van der Waals surface area contributed by atoms with E-state index in [4.69, 9.17) is 12.2 Å². The summed E-state index contributed by atoms with van der Waals surface area (Å²) in [6.07, 6.45) is 1.18. The van der Waals surface area contributed by atoms with Gasteiger partial charge >= 0.3 is 0 Å². The Morgan fingerprint density at radius 1 is 1.33 bits per heavy atom. The van der Waals surface area contributed by atoms with Crippen molar-refractivity contribution < 1.29 is 0 Å². The van der Waals surface area contributed by atoms with Crippen LogP contribution in [0, 0.1) is 11.7 Å². The van der Waals surface area contributed by atoms with E-state index in [-0.39, 0.29) is 0 Å². The van der Waals surface area contributed by atoms with Crippen LogP contribution in [-0.2, 0) is 6.54 Å². The molecule has 1 saturated carbocycles. The summed E-state index contributed by atoms with van der Waals surface area (Å²) in [4.78, 5) is 0. The first-order chi connectivity index (χ1) is 8.70. The lowest BCUT2D eigenvalue weighted by Crippen LogP contribution is -2.01. The van der Waals surface area contributed by atoms with Gasteiger partial charge in [-0.3, -0.25) is 5.10 Å². The lowest BCUT2D eigenvalue weighted by molar-refractivity contribution is 0.687. The highest BCUT2D eigenvalue weighted by Crippen LogP contribution is 2.53. The number of nitrogens with zero attached hydrogens (tertiary/aromatic N) is 2. The predicted molar refractivity (Wildman–Crippen MR) is 74.4 cm³/mol. The molecule has 1 aromatic carbocycles. The summed E-state index contributed by atoms with van der Waals surface area (Å²) in [6, 6.07) is 8.83. The van der Waals surface area contributed by atoms with Crippen molar-refractivity contribution >= 4 is 12.2 Å². The van der Waals surface area contributed by atoms with Crippen molar-refractivity contribution in [3.8, 4) is 0 Å². The van der Waals surface area contributed by atoms with E-state index >= 15 is 0 Å². The van der Waals surface area contributed by atoms with Crippen molar-refractivity contribution in [3.63, 3.8) is 0 Å². The van der Waals surface area contributed by atoms with Crippen molar-refractivity contribution in [2.24, 2.45) is 0 Å². The fourth-order valence-corrected chi connectivity index (χ4v) is 2.85. The van der Waals surface area contributed by atoms with Gasteiger partial charge in [-0.25, -0.2) is 0 Å². The van der Waals surface area contributed by atoms with E-state index in [1.807, 2.05) is 0 Å². The first kappa shape index (κ1) is 11.7. The van der Waals surface area contributed by atoms with Crippen LogP contribution >= 0.6 is 12.2 Å². The molecule has 18 heavy (non-hydrogen) atoms. The van der Waals surface area contributed by atoms with Crippen LogP contribution in [0.3, 0.4) is 0 Å². The zero-order valence-electron chi connectivity index (χ0n) is 10.7. The SMILES string of the molecule is CCn1c([C@H]2C[C@H]2c2ccc(C)cc2)n[nH]c1=S. The van der Waals surface area contributed by atoms with Gasteiger partial charge in [-0.05, 0) is 44.0 Å². The second kappa shape index (κ2) is 4.35. The molecule has 0 radical (unpaired) electrons. The second-order valence-corrected chi connectivity index (χ2v) is 5.38. The fraction of sp³-hybridized carbons (Fsp3) is 0.429. The van der Waals surface area contributed by atoms with Crippen molar-refractivity contribution in [2.75, 3.05) is 0 Å². The smallest absolute Gasteiger partial charge is 0.195 e. The van der Waals surface area contributed by atoms with Crippen LogP contribution in [0.2, 0.25) is 0 Å². The zero-order valence-corrected chi connectivity index (χ0v) is 11.5. The molecule has 0 bridgehead atoms. The molecule has 1 aromatic heterocycles. The lowest BCUT2D eigenvalue weighted by atomic mass is 10.1. The minimum absolute atomic E-state index is 0.528. The van der Waals surface area contributed by atoms with Crippen molar-refractivity contribution in [1.29, 1.82) is 0 Å². The van der Waals surface area contributed by atoms with Crippen molar-refractivity contribution in [1.82, 2.24) is 14.8 Å². The van der Waals surface area contributed by atoms with E-state index in [9.17, 15) is 0 Å². The number of aromatic nitrogens is 3. The molecule has 1 aliphatic rings. The molecule has 0 amide bonds. The van der Waals surface area contributed by atoms with Crippen molar-refractivity contribution in [2.45, 2.75) is 38.6 Å². The Bertz CT molecular complexity index is 609. The number of hydrogen-bond donors (Lipinski definition) is 1. The summed E-state index contributed by atoms with van der Waals surface area (Å²) >= 11 is 5.24. The second-order valence-electron chi connectivity index (χ2n) is 4.99. The van der Waals surface area contributed by atoms with E-state index in [1.165, 1.54) is 17.5 Å². The molecule has 1 heterocycles. The monoisotopic (exact) mass is 259 g/mol. The Morgan fingerprint density at radius 3 is 2.72 bits per heavy atom. The molecular formula is C14H17N3S. The molecule has 3 nitrogen and oxygen atoms in total. The van der Waals surface area contributed by atoms with Gasteiger partial charge in [-0.2, -0.15) is 5.10 Å². The van der Waals surface area contributed by atoms with Gasteiger partial charge in [0, 0.05) is 12.5 Å². The van der Waals surface area contributed by atoms with Crippen LogP contribution in [0.15, 0.2) is 24.3 Å². The molecule has 94 valence electrons. The molecule has 1 N–H and O–H groups in total. The number of hydrogen-bond acceptors (Lipinski definition) is 2. The fourth-order valence-electron chi connectivity index (χ4n) is 2.58. The quantitative estimate of drug-likeness (QED) is 0.855. The average Bonchev–Trinajstić information content (AvgIpc) is 3.07. The van der Waals surface area contributed by atoms with Gasteiger partial charge in [-0.1, -0.05) is 29.8 Å². The molecular weight excluding hydrogens is 242 g/mol. The predicted octanol–water partition coefficient (Wildman–Crippen LogP) is 3.54. The standard InChI is InChI=1S/C14H17N3S/c1-3-17-13(15-16-14(17)18)12-8-11(12)10-6-4-9(2)5-7-10/h4-7,11-12H,3,8H2,1-2H3,(H,16,18)/t11-,12-/m0/s1. The van der Waals surface area contributed by atoms with Gasteiger partial charge in [0.1, 0.15) is 5.82 Å². The minimum Gasteiger partial charge on any atom is -0.304 e. The van der Waals surface area contributed by atoms with Gasteiger partial charge in [0.05, 0.1) is 0 Å². The highest BCUT2D eigenvalue weighted by atomic mass is 32.1. The molecule has 0 saturated heterocycles. The Morgan fingerprint density at radius 2 is 2.06 bits per heavy atom. The van der Waals surface area contributed by atoms with Crippen LogP contribution < -0.4 is 0 Å². The maximum atomic E-state index is 5.24. The number of aryl methyl sites for hydroxylation is 1. The minimum atomic E-state index is 0.528. The van der Waals surface area contributed by atoms with Crippen LogP contribution in [0.25, 0.3) is 0 Å². The number of H-pyrrole nitrogens is 1. The maximum Gasteiger partial charge on any atom is 0.195 e. The van der Waals surface area contributed by atoms with Crippen LogP contribution in [0.4, 0.5) is 0 Å². The Balaban J connectivity index is 1.85. The van der Waals surface area contributed by atoms with Crippen molar-refractivity contribution in [3.05, 3.63) is 46.0 Å². The summed E-state index contributed by atoms with van der Waals surface area (Å²) in [5.41, 5.74) is 2.73. The van der Waals surface area contributed by atoms with Gasteiger partial charge in [-0.15, -0.1) is 0 Å². The topological polar surface area (TPSA) is 33.6 Å². The summed E-state index contributed by atoms with van der Waals surface area (Å²) in [7, 11) is 0. The summed E-state index contributed by atoms with van der Waals surface area (Å²) in [5.74, 6) is 2.26. The number of nitrogens with one attached hydrogen (secondary N) is 1. The molecule has 2 aromatic rings. The summed E-state index contributed by atoms with van der Waals surface area (Å²) < 4.78 is 2.84. The van der Waals surface area contributed by atoms with Gasteiger partial charge < -0.3 is 4.57 Å². The van der Waals surface area contributed by atoms with Crippen LogP contribution in [0.5, 0.6) is 0 Å². The molecule has 0 spiro atoms. The zero-order chi connectivity index (χ0) is 12.7. The normalized spacial score (nSPS) is 22.1. The van der Waals surface area contributed by atoms with E-state index in [2.05, 4.69) is 52.9 Å². The van der Waals surface area contributed by atoms with Gasteiger partial charge in [0.2, 0.25) is 0 Å². The molecule has 3 rings (SSSR count). The number of rotatable bonds is 3. The molecule has 0 unspecified atom stereocenters. The highest BCUT2D eigenvalue weighted by molar-refractivity contribution is 7.71. The van der Waals surface area contributed by atoms with E-state index in [0.717, 1.165) is 17.1 Å². The third kappa shape index (κ3) is 1.90. The third-order valence-corrected chi connectivity index (χ3v) is 4.04. The lowest BCUT2D eigenvalue weighted by Gasteiger charge is -2.03. The molecule has 4 heteroatoms. The Labute approximate surface area is 112 Å². The largest absolute Gasteiger partial charge is 0.304 e. The van der Waals surface area contributed by atoms with Gasteiger partial charge in [0.15, 0.2) is 4.77 Å². The first-order valence-electron chi connectivity index (χ1n) is 6.42. The molecule has 1 aliphatic carbocycles. The summed E-state index contributed by atoms with van der Waals surface area (Å²) in [5, 5.41) is 7.29. The molecule has 0 aliphatic heterocycles. The molecule has 1 fully saturated rings. The van der Waals surface area contributed by atoms with E-state index < -0.39 is 0 Å². The number of benzene rings is 1. The summed E-state index contributed by atoms with van der Waals surface area (Å²) in [6.45, 7) is 5.12. The van der Waals surface area contributed by atoms with Gasteiger partial charge in [0.25, 0.3) is 0 Å². The van der Waals surface area contributed by atoms with E-state index in [0.29, 0.717) is 11.8 Å². The first-order valence-corrected chi connectivity index (χ1v) is 6.83. The van der Waals surface area contributed by atoms with Crippen LogP contribution in [0.1, 0.15) is 42.1 Å². The van der Waals surface area contributed by atoms with E-state index in [1.54, 1.807) is 0 Å². The van der Waals surface area contributed by atoms with Crippen LogP contribution in [-0.4, -0.2) is 14.8 Å². The third-order valence-electron chi connectivity index (χ3n) is 3.73. The maximum absolute atomic E-state index is 5.24. The Kier molecular flexibility index (Phi) is 2.82.